The van der Waals surface area contributed by atoms with E-state index in [1.807, 2.05) is 48.5 Å². The van der Waals surface area contributed by atoms with Crippen LogP contribution >= 0.6 is 0 Å². The molecule has 0 saturated heterocycles. The van der Waals surface area contributed by atoms with Gasteiger partial charge >= 0.3 is 0 Å². The van der Waals surface area contributed by atoms with E-state index in [0.717, 1.165) is 22.7 Å². The standard InChI is InChI=1S/C16H16N2O3/c19-16(10-17-13-4-2-1-3-5-13)18-9-12-6-7-14-15(8-12)21-11-20-14/h1-8,17H,9-11H2,(H,18,19). The summed E-state index contributed by atoms with van der Waals surface area (Å²) < 4.78 is 10.6. The minimum Gasteiger partial charge on any atom is -0.454 e. The van der Waals surface area contributed by atoms with E-state index >= 15 is 0 Å². The Morgan fingerprint density at radius 3 is 2.71 bits per heavy atom. The number of carbonyl (C=O) groups is 1. The number of hydrogen-bond donors (Lipinski definition) is 2. The van der Waals surface area contributed by atoms with E-state index in [4.69, 9.17) is 9.47 Å². The zero-order chi connectivity index (χ0) is 14.5. The number of anilines is 1. The van der Waals surface area contributed by atoms with Crippen LogP contribution in [0.2, 0.25) is 0 Å². The van der Waals surface area contributed by atoms with Crippen LogP contribution in [0, 0.1) is 0 Å². The van der Waals surface area contributed by atoms with Crippen LogP contribution in [0.25, 0.3) is 0 Å². The first-order valence-corrected chi connectivity index (χ1v) is 6.75. The number of amides is 1. The maximum absolute atomic E-state index is 11.8. The normalized spacial score (nSPS) is 12.0. The highest BCUT2D eigenvalue weighted by molar-refractivity contribution is 5.80. The van der Waals surface area contributed by atoms with Crippen LogP contribution in [0.4, 0.5) is 5.69 Å². The predicted octanol–water partition coefficient (Wildman–Crippen LogP) is 2.14. The first-order chi connectivity index (χ1) is 10.3. The van der Waals surface area contributed by atoms with Crippen molar-refractivity contribution in [3.63, 3.8) is 0 Å². The van der Waals surface area contributed by atoms with Crippen molar-refractivity contribution in [2.75, 3.05) is 18.7 Å². The summed E-state index contributed by atoms with van der Waals surface area (Å²) in [5.41, 5.74) is 1.91. The zero-order valence-corrected chi connectivity index (χ0v) is 11.5. The first-order valence-electron chi connectivity index (χ1n) is 6.75. The summed E-state index contributed by atoms with van der Waals surface area (Å²) in [6.07, 6.45) is 0. The van der Waals surface area contributed by atoms with Crippen LogP contribution in [0.15, 0.2) is 48.5 Å². The molecule has 3 rings (SSSR count). The van der Waals surface area contributed by atoms with Crippen molar-refractivity contribution in [2.45, 2.75) is 6.54 Å². The van der Waals surface area contributed by atoms with Gasteiger partial charge in [0.15, 0.2) is 11.5 Å². The molecule has 2 aromatic rings. The lowest BCUT2D eigenvalue weighted by Gasteiger charge is -2.08. The molecule has 2 aromatic carbocycles. The maximum Gasteiger partial charge on any atom is 0.239 e. The molecular formula is C16H16N2O3. The summed E-state index contributed by atoms with van der Waals surface area (Å²) >= 11 is 0. The number of ether oxygens (including phenoxy) is 2. The van der Waals surface area contributed by atoms with E-state index < -0.39 is 0 Å². The summed E-state index contributed by atoms with van der Waals surface area (Å²) in [4.78, 5) is 11.8. The summed E-state index contributed by atoms with van der Waals surface area (Å²) in [6, 6.07) is 15.3. The monoisotopic (exact) mass is 284 g/mol. The molecule has 5 heteroatoms. The molecular weight excluding hydrogens is 268 g/mol. The molecule has 0 aromatic heterocycles. The van der Waals surface area contributed by atoms with Crippen LogP contribution in [-0.2, 0) is 11.3 Å². The van der Waals surface area contributed by atoms with Crippen LogP contribution in [-0.4, -0.2) is 19.2 Å². The van der Waals surface area contributed by atoms with Crippen LogP contribution in [0.5, 0.6) is 11.5 Å². The van der Waals surface area contributed by atoms with Gasteiger partial charge in [-0.3, -0.25) is 4.79 Å². The van der Waals surface area contributed by atoms with Gasteiger partial charge in [-0.1, -0.05) is 24.3 Å². The van der Waals surface area contributed by atoms with Gasteiger partial charge in [0.25, 0.3) is 0 Å². The van der Waals surface area contributed by atoms with E-state index in [0.29, 0.717) is 6.54 Å². The summed E-state index contributed by atoms with van der Waals surface area (Å²) in [6.45, 7) is 0.965. The number of carbonyl (C=O) groups excluding carboxylic acids is 1. The molecule has 0 fully saturated rings. The van der Waals surface area contributed by atoms with Crippen LogP contribution in [0.1, 0.15) is 5.56 Å². The van der Waals surface area contributed by atoms with E-state index in [-0.39, 0.29) is 19.2 Å². The lowest BCUT2D eigenvalue weighted by Crippen LogP contribution is -2.29. The fourth-order valence-electron chi connectivity index (χ4n) is 2.05. The van der Waals surface area contributed by atoms with Gasteiger partial charge in [0.2, 0.25) is 12.7 Å². The zero-order valence-electron chi connectivity index (χ0n) is 11.5. The predicted molar refractivity (Wildman–Crippen MR) is 79.3 cm³/mol. The molecule has 5 nitrogen and oxygen atoms in total. The van der Waals surface area contributed by atoms with Crippen molar-refractivity contribution in [3.05, 3.63) is 54.1 Å². The van der Waals surface area contributed by atoms with Gasteiger partial charge < -0.3 is 20.1 Å². The second kappa shape index (κ2) is 6.17. The Hall–Kier alpha value is -2.69. The highest BCUT2D eigenvalue weighted by Gasteiger charge is 2.13. The largest absolute Gasteiger partial charge is 0.454 e. The van der Waals surface area contributed by atoms with Gasteiger partial charge in [0.1, 0.15) is 0 Å². The number of fused-ring (bicyclic) bond motifs is 1. The Labute approximate surface area is 122 Å². The number of benzene rings is 2. The average molecular weight is 284 g/mol. The summed E-state index contributed by atoms with van der Waals surface area (Å²) in [5.74, 6) is 1.41. The van der Waals surface area contributed by atoms with Gasteiger partial charge in [-0.2, -0.15) is 0 Å². The van der Waals surface area contributed by atoms with Gasteiger partial charge in [0, 0.05) is 12.2 Å². The van der Waals surface area contributed by atoms with Crippen LogP contribution < -0.4 is 20.1 Å². The van der Waals surface area contributed by atoms with Crippen molar-refractivity contribution in [1.82, 2.24) is 5.32 Å². The minimum absolute atomic E-state index is 0.0588. The van der Waals surface area contributed by atoms with Crippen molar-refractivity contribution < 1.29 is 14.3 Å². The van der Waals surface area contributed by atoms with Crippen molar-refractivity contribution in [1.29, 1.82) is 0 Å². The van der Waals surface area contributed by atoms with Gasteiger partial charge in [-0.15, -0.1) is 0 Å². The lowest BCUT2D eigenvalue weighted by atomic mass is 10.2. The average Bonchev–Trinajstić information content (AvgIpc) is 2.99. The molecule has 0 radical (unpaired) electrons. The molecule has 0 bridgehead atoms. The molecule has 1 aliphatic heterocycles. The molecule has 2 N–H and O–H groups in total. The Morgan fingerprint density at radius 2 is 1.86 bits per heavy atom. The third-order valence-corrected chi connectivity index (χ3v) is 3.15. The number of nitrogens with one attached hydrogen (secondary N) is 2. The topological polar surface area (TPSA) is 59.6 Å². The fraction of sp³-hybridized carbons (Fsp3) is 0.188. The molecule has 1 heterocycles. The lowest BCUT2D eigenvalue weighted by molar-refractivity contribution is -0.119. The number of para-hydroxylation sites is 1. The molecule has 0 aliphatic carbocycles. The second-order valence-electron chi connectivity index (χ2n) is 4.68. The highest BCUT2D eigenvalue weighted by atomic mass is 16.7. The molecule has 21 heavy (non-hydrogen) atoms. The van der Waals surface area contributed by atoms with E-state index in [9.17, 15) is 4.79 Å². The molecule has 1 amide bonds. The van der Waals surface area contributed by atoms with E-state index in [2.05, 4.69) is 10.6 Å². The third kappa shape index (κ3) is 3.45. The molecule has 0 spiro atoms. The van der Waals surface area contributed by atoms with Crippen molar-refractivity contribution >= 4 is 11.6 Å². The molecule has 0 atom stereocenters. The van der Waals surface area contributed by atoms with Gasteiger partial charge in [0.05, 0.1) is 6.54 Å². The minimum atomic E-state index is -0.0588. The Bertz CT molecular complexity index is 629. The fourth-order valence-corrected chi connectivity index (χ4v) is 2.05. The summed E-state index contributed by atoms with van der Waals surface area (Å²) in [5, 5.41) is 5.93. The number of hydrogen-bond acceptors (Lipinski definition) is 4. The SMILES string of the molecule is O=C(CNc1ccccc1)NCc1ccc2c(c1)OCO2. The maximum atomic E-state index is 11.8. The molecule has 0 unspecified atom stereocenters. The molecule has 108 valence electrons. The van der Waals surface area contributed by atoms with Crippen molar-refractivity contribution in [2.24, 2.45) is 0 Å². The summed E-state index contributed by atoms with van der Waals surface area (Å²) in [7, 11) is 0. The smallest absolute Gasteiger partial charge is 0.239 e. The second-order valence-corrected chi connectivity index (χ2v) is 4.68. The van der Waals surface area contributed by atoms with Gasteiger partial charge in [-0.05, 0) is 29.8 Å². The quantitative estimate of drug-likeness (QED) is 0.883. The first kappa shape index (κ1) is 13.3. The third-order valence-electron chi connectivity index (χ3n) is 3.15. The Morgan fingerprint density at radius 1 is 1.05 bits per heavy atom. The van der Waals surface area contributed by atoms with E-state index in [1.165, 1.54) is 0 Å². The van der Waals surface area contributed by atoms with E-state index in [1.54, 1.807) is 0 Å². The number of rotatable bonds is 5. The highest BCUT2D eigenvalue weighted by Crippen LogP contribution is 2.32. The van der Waals surface area contributed by atoms with Crippen molar-refractivity contribution in [3.8, 4) is 11.5 Å². The van der Waals surface area contributed by atoms with Gasteiger partial charge in [-0.25, -0.2) is 0 Å². The molecule has 0 saturated carbocycles. The molecule has 1 aliphatic rings. The van der Waals surface area contributed by atoms with Crippen LogP contribution in [0.3, 0.4) is 0 Å². The Kier molecular flexibility index (Phi) is 3.91. The Balaban J connectivity index is 1.47.